The molecule has 1 aliphatic heterocycles. The molecule has 3 nitrogen and oxygen atoms in total. The summed E-state index contributed by atoms with van der Waals surface area (Å²) in [6.45, 7) is 3.29. The maximum Gasteiger partial charge on any atom is 0.416 e. The van der Waals surface area contributed by atoms with Crippen molar-refractivity contribution in [2.75, 3.05) is 19.7 Å². The Labute approximate surface area is 181 Å². The van der Waals surface area contributed by atoms with Crippen molar-refractivity contribution in [2.24, 2.45) is 17.8 Å². The highest BCUT2D eigenvalue weighted by atomic mass is 19.4. The quantitative estimate of drug-likeness (QED) is 0.554. The van der Waals surface area contributed by atoms with Crippen molar-refractivity contribution in [3.63, 3.8) is 0 Å². The lowest BCUT2D eigenvalue weighted by molar-refractivity contribution is -0.137. The number of benzene rings is 2. The van der Waals surface area contributed by atoms with Crippen LogP contribution in [0.3, 0.4) is 0 Å². The van der Waals surface area contributed by atoms with Crippen molar-refractivity contribution in [1.29, 1.82) is 0 Å². The molecule has 1 saturated heterocycles. The van der Waals surface area contributed by atoms with Gasteiger partial charge < -0.3 is 9.47 Å². The highest BCUT2D eigenvalue weighted by Gasteiger charge is 2.44. The van der Waals surface area contributed by atoms with Gasteiger partial charge in [0.2, 0.25) is 0 Å². The van der Waals surface area contributed by atoms with E-state index in [0.29, 0.717) is 30.1 Å². The first kappa shape index (κ1) is 20.7. The molecule has 2 aromatic carbocycles. The molecule has 5 rings (SSSR count). The van der Waals surface area contributed by atoms with E-state index < -0.39 is 11.7 Å². The fraction of sp³-hybridized carbons (Fsp3) is 0.520. The first-order chi connectivity index (χ1) is 15.0. The van der Waals surface area contributed by atoms with Crippen LogP contribution in [0.25, 0.3) is 0 Å². The number of nitrogens with zero attached hydrogens (tertiary/aromatic N) is 1. The molecule has 0 radical (unpaired) electrons. The topological polar surface area (TPSA) is 21.7 Å². The van der Waals surface area contributed by atoms with Gasteiger partial charge in [0.1, 0.15) is 6.10 Å². The Hall–Kier alpha value is -2.21. The van der Waals surface area contributed by atoms with Crippen LogP contribution >= 0.6 is 0 Å². The van der Waals surface area contributed by atoms with E-state index in [1.807, 2.05) is 6.07 Å². The minimum absolute atomic E-state index is 0.0343. The second-order valence-electron chi connectivity index (χ2n) is 9.27. The van der Waals surface area contributed by atoms with E-state index in [0.717, 1.165) is 57.5 Å². The molecule has 6 heteroatoms. The van der Waals surface area contributed by atoms with Crippen LogP contribution in [0.5, 0.6) is 11.5 Å². The highest BCUT2D eigenvalue weighted by Crippen LogP contribution is 2.43. The Kier molecular flexibility index (Phi) is 5.59. The third-order valence-corrected chi connectivity index (χ3v) is 6.78. The van der Waals surface area contributed by atoms with Crippen molar-refractivity contribution in [3.05, 3.63) is 59.7 Å². The fourth-order valence-electron chi connectivity index (χ4n) is 4.97. The highest BCUT2D eigenvalue weighted by molar-refractivity contribution is 5.44. The lowest BCUT2D eigenvalue weighted by Gasteiger charge is -2.38. The van der Waals surface area contributed by atoms with Crippen LogP contribution < -0.4 is 9.47 Å². The van der Waals surface area contributed by atoms with E-state index in [2.05, 4.69) is 29.2 Å². The minimum Gasteiger partial charge on any atom is -0.489 e. The lowest BCUT2D eigenvalue weighted by atomic mass is 9.94. The SMILES string of the molecule is FC(F)(F)c1ccc(OC2C3CCC2CN(Cc2ccccc2)C3)c(OCC2CC2)c1. The fourth-order valence-corrected chi connectivity index (χ4v) is 4.97. The molecule has 2 saturated carbocycles. The van der Waals surface area contributed by atoms with Gasteiger partial charge >= 0.3 is 6.18 Å². The predicted octanol–water partition coefficient (Wildman–Crippen LogP) is 5.78. The van der Waals surface area contributed by atoms with E-state index in [-0.39, 0.29) is 11.9 Å². The Morgan fingerprint density at radius 2 is 1.58 bits per heavy atom. The van der Waals surface area contributed by atoms with Crippen molar-refractivity contribution >= 4 is 0 Å². The molecule has 2 unspecified atom stereocenters. The number of piperidine rings is 1. The summed E-state index contributed by atoms with van der Waals surface area (Å²) in [7, 11) is 0. The standard InChI is InChI=1S/C25H28F3NO2/c26-25(27,28)21-10-11-22(23(12-21)30-16-18-6-7-18)31-24-19-8-9-20(24)15-29(14-19)13-17-4-2-1-3-5-17/h1-5,10-12,18-20,24H,6-9,13-16H2. The molecule has 3 aliphatic rings. The minimum atomic E-state index is -4.39. The molecule has 2 atom stereocenters. The monoisotopic (exact) mass is 431 g/mol. The zero-order valence-corrected chi connectivity index (χ0v) is 17.5. The zero-order valence-electron chi connectivity index (χ0n) is 17.5. The van der Waals surface area contributed by atoms with Crippen LogP contribution in [0.15, 0.2) is 48.5 Å². The molecule has 31 heavy (non-hydrogen) atoms. The van der Waals surface area contributed by atoms with Gasteiger partial charge in [-0.15, -0.1) is 0 Å². The molecular weight excluding hydrogens is 403 g/mol. The predicted molar refractivity (Wildman–Crippen MR) is 112 cm³/mol. The summed E-state index contributed by atoms with van der Waals surface area (Å²) >= 11 is 0. The molecule has 2 aromatic rings. The van der Waals surface area contributed by atoms with Crippen LogP contribution in [0, 0.1) is 17.8 Å². The van der Waals surface area contributed by atoms with Crippen molar-refractivity contribution < 1.29 is 22.6 Å². The van der Waals surface area contributed by atoms with Gasteiger partial charge in [-0.2, -0.15) is 13.2 Å². The largest absolute Gasteiger partial charge is 0.489 e. The third-order valence-electron chi connectivity index (χ3n) is 6.78. The number of fused-ring (bicyclic) bond motifs is 2. The van der Waals surface area contributed by atoms with Crippen molar-refractivity contribution in [3.8, 4) is 11.5 Å². The molecule has 2 bridgehead atoms. The summed E-state index contributed by atoms with van der Waals surface area (Å²) in [6.07, 6.45) is 0.00197. The molecule has 0 N–H and O–H groups in total. The summed E-state index contributed by atoms with van der Waals surface area (Å²) < 4.78 is 51.8. The van der Waals surface area contributed by atoms with Gasteiger partial charge in [-0.25, -0.2) is 0 Å². The first-order valence-corrected chi connectivity index (χ1v) is 11.2. The smallest absolute Gasteiger partial charge is 0.416 e. The van der Waals surface area contributed by atoms with Gasteiger partial charge in [0.05, 0.1) is 12.2 Å². The third kappa shape index (κ3) is 4.84. The summed E-state index contributed by atoms with van der Waals surface area (Å²) in [4.78, 5) is 2.48. The Balaban J connectivity index is 1.29. The number of hydrogen-bond acceptors (Lipinski definition) is 3. The van der Waals surface area contributed by atoms with Crippen molar-refractivity contribution in [2.45, 2.75) is 44.5 Å². The number of likely N-dealkylation sites (tertiary alicyclic amines) is 1. The van der Waals surface area contributed by atoms with E-state index >= 15 is 0 Å². The second kappa shape index (κ2) is 8.38. The summed E-state index contributed by atoms with van der Waals surface area (Å²) in [5, 5.41) is 0. The summed E-state index contributed by atoms with van der Waals surface area (Å²) in [5.41, 5.74) is 0.617. The molecule has 2 aliphatic carbocycles. The van der Waals surface area contributed by atoms with Crippen molar-refractivity contribution in [1.82, 2.24) is 4.90 Å². The molecular formula is C25H28F3NO2. The molecule has 166 valence electrons. The van der Waals surface area contributed by atoms with Crippen LogP contribution in [0.1, 0.15) is 36.8 Å². The Morgan fingerprint density at radius 3 is 2.23 bits per heavy atom. The molecule has 0 aromatic heterocycles. The van der Waals surface area contributed by atoms with Gasteiger partial charge in [0, 0.05) is 31.5 Å². The lowest BCUT2D eigenvalue weighted by Crippen LogP contribution is -2.46. The van der Waals surface area contributed by atoms with Crippen LogP contribution in [-0.2, 0) is 12.7 Å². The van der Waals surface area contributed by atoms with Gasteiger partial charge in [0.25, 0.3) is 0 Å². The van der Waals surface area contributed by atoms with Gasteiger partial charge in [0.15, 0.2) is 11.5 Å². The Bertz CT molecular complexity index is 883. The number of rotatable bonds is 7. The number of hydrogen-bond donors (Lipinski definition) is 0. The maximum atomic E-state index is 13.2. The Morgan fingerprint density at radius 1 is 0.871 bits per heavy atom. The van der Waals surface area contributed by atoms with Gasteiger partial charge in [-0.3, -0.25) is 4.90 Å². The summed E-state index contributed by atoms with van der Waals surface area (Å²) in [6, 6.07) is 14.1. The van der Waals surface area contributed by atoms with E-state index in [9.17, 15) is 13.2 Å². The zero-order chi connectivity index (χ0) is 21.4. The molecule has 3 fully saturated rings. The number of alkyl halides is 3. The normalized spacial score (nSPS) is 26.1. The second-order valence-corrected chi connectivity index (χ2v) is 9.27. The molecule has 1 heterocycles. The molecule has 0 spiro atoms. The van der Waals surface area contributed by atoms with Crippen LogP contribution in [0.4, 0.5) is 13.2 Å². The van der Waals surface area contributed by atoms with E-state index in [4.69, 9.17) is 9.47 Å². The van der Waals surface area contributed by atoms with Crippen LogP contribution in [0.2, 0.25) is 0 Å². The average Bonchev–Trinajstić information content (AvgIpc) is 3.54. The maximum absolute atomic E-state index is 13.2. The number of ether oxygens (including phenoxy) is 2. The molecule has 0 amide bonds. The van der Waals surface area contributed by atoms with Crippen LogP contribution in [-0.4, -0.2) is 30.7 Å². The summed E-state index contributed by atoms with van der Waals surface area (Å²) in [5.74, 6) is 1.92. The van der Waals surface area contributed by atoms with Gasteiger partial charge in [-0.1, -0.05) is 30.3 Å². The average molecular weight is 431 g/mol. The van der Waals surface area contributed by atoms with E-state index in [1.54, 1.807) is 0 Å². The van der Waals surface area contributed by atoms with Gasteiger partial charge in [-0.05, 0) is 55.4 Å². The van der Waals surface area contributed by atoms with E-state index in [1.165, 1.54) is 11.6 Å². The first-order valence-electron chi connectivity index (χ1n) is 11.2. The number of halogens is 3.